The summed E-state index contributed by atoms with van der Waals surface area (Å²) >= 11 is 5.97. The molecule has 0 bridgehead atoms. The van der Waals surface area contributed by atoms with Gasteiger partial charge in [0.2, 0.25) is 5.91 Å². The Labute approximate surface area is 155 Å². The van der Waals surface area contributed by atoms with E-state index in [-0.39, 0.29) is 12.5 Å². The van der Waals surface area contributed by atoms with E-state index in [1.807, 2.05) is 25.1 Å². The number of tetrazole rings is 1. The number of halogens is 1. The minimum atomic E-state index is -0.215. The van der Waals surface area contributed by atoms with Crippen molar-refractivity contribution in [2.75, 3.05) is 24.3 Å². The number of hydrogen-bond donors (Lipinski definition) is 2. The third-order valence-corrected chi connectivity index (χ3v) is 3.92. The third kappa shape index (κ3) is 4.09. The zero-order valence-corrected chi connectivity index (χ0v) is 15.0. The fourth-order valence-corrected chi connectivity index (χ4v) is 2.62. The van der Waals surface area contributed by atoms with E-state index in [2.05, 4.69) is 26.2 Å². The minimum Gasteiger partial charge on any atom is -0.495 e. The van der Waals surface area contributed by atoms with Crippen LogP contribution in [0.1, 0.15) is 5.56 Å². The summed E-state index contributed by atoms with van der Waals surface area (Å²) in [6.07, 6.45) is 1.53. The van der Waals surface area contributed by atoms with Crippen LogP contribution >= 0.6 is 11.6 Å². The molecule has 1 aromatic heterocycles. The highest BCUT2D eigenvalue weighted by Gasteiger charge is 2.09. The molecule has 0 aliphatic heterocycles. The molecule has 1 heterocycles. The van der Waals surface area contributed by atoms with Gasteiger partial charge in [-0.3, -0.25) is 4.79 Å². The number of methoxy groups -OCH3 is 1. The number of amides is 1. The summed E-state index contributed by atoms with van der Waals surface area (Å²) in [4.78, 5) is 12.2. The molecular formula is C17H17ClN6O2. The van der Waals surface area contributed by atoms with Crippen LogP contribution in [0, 0.1) is 6.92 Å². The molecule has 0 radical (unpaired) electrons. The summed E-state index contributed by atoms with van der Waals surface area (Å²) in [5, 5.41) is 17.5. The van der Waals surface area contributed by atoms with Gasteiger partial charge in [-0.05, 0) is 59.3 Å². The number of nitrogens with zero attached hydrogens (tertiary/aromatic N) is 4. The lowest BCUT2D eigenvalue weighted by Crippen LogP contribution is -2.22. The molecular weight excluding hydrogens is 356 g/mol. The van der Waals surface area contributed by atoms with Gasteiger partial charge in [-0.2, -0.15) is 0 Å². The Hall–Kier alpha value is -3.13. The van der Waals surface area contributed by atoms with Crippen LogP contribution in [0.25, 0.3) is 5.69 Å². The van der Waals surface area contributed by atoms with E-state index in [0.29, 0.717) is 16.5 Å². The average Bonchev–Trinajstić information content (AvgIpc) is 3.14. The summed E-state index contributed by atoms with van der Waals surface area (Å²) < 4.78 is 6.80. The first-order valence-electron chi connectivity index (χ1n) is 7.78. The number of aromatic nitrogens is 4. The molecule has 0 saturated carbocycles. The number of rotatable bonds is 6. The fourth-order valence-electron chi connectivity index (χ4n) is 2.45. The van der Waals surface area contributed by atoms with Crippen LogP contribution in [-0.4, -0.2) is 39.8 Å². The number of nitrogens with one attached hydrogen (secondary N) is 2. The van der Waals surface area contributed by atoms with Crippen molar-refractivity contribution in [3.8, 4) is 11.4 Å². The third-order valence-electron chi connectivity index (χ3n) is 3.68. The molecule has 0 atom stereocenters. The zero-order chi connectivity index (χ0) is 18.5. The molecule has 8 nitrogen and oxygen atoms in total. The van der Waals surface area contributed by atoms with Crippen molar-refractivity contribution in [2.45, 2.75) is 6.92 Å². The predicted octanol–water partition coefficient (Wildman–Crippen LogP) is 2.68. The minimum absolute atomic E-state index is 0.0966. The van der Waals surface area contributed by atoms with E-state index in [4.69, 9.17) is 16.3 Å². The van der Waals surface area contributed by atoms with E-state index >= 15 is 0 Å². The molecule has 9 heteroatoms. The highest BCUT2D eigenvalue weighted by molar-refractivity contribution is 6.31. The van der Waals surface area contributed by atoms with Crippen LogP contribution in [0.4, 0.5) is 11.4 Å². The number of anilines is 2. The highest BCUT2D eigenvalue weighted by Crippen LogP contribution is 2.27. The van der Waals surface area contributed by atoms with Gasteiger partial charge in [0.15, 0.2) is 0 Å². The standard InChI is InChI=1S/C17H17ClN6O2/c1-11-7-13(4-5-15(11)24-10-20-22-23-24)19-9-17(25)21-14-8-12(18)3-6-16(14)26-2/h3-8,10,19H,9H2,1-2H3,(H,21,25). The summed E-state index contributed by atoms with van der Waals surface area (Å²) in [5.74, 6) is 0.331. The molecule has 1 amide bonds. The molecule has 3 rings (SSSR count). The molecule has 0 fully saturated rings. The fraction of sp³-hybridized carbons (Fsp3) is 0.176. The van der Waals surface area contributed by atoms with Crippen molar-refractivity contribution in [1.82, 2.24) is 20.2 Å². The molecule has 26 heavy (non-hydrogen) atoms. The van der Waals surface area contributed by atoms with E-state index in [9.17, 15) is 4.79 Å². The topological polar surface area (TPSA) is 94.0 Å². The molecule has 0 spiro atoms. The Morgan fingerprint density at radius 2 is 2.12 bits per heavy atom. The second-order valence-electron chi connectivity index (χ2n) is 5.50. The molecule has 0 unspecified atom stereocenters. The lowest BCUT2D eigenvalue weighted by Gasteiger charge is -2.12. The van der Waals surface area contributed by atoms with Crippen molar-refractivity contribution in [3.05, 3.63) is 53.3 Å². The van der Waals surface area contributed by atoms with Gasteiger partial charge < -0.3 is 15.4 Å². The zero-order valence-electron chi connectivity index (χ0n) is 14.2. The number of benzene rings is 2. The van der Waals surface area contributed by atoms with Crippen LogP contribution in [0.15, 0.2) is 42.7 Å². The molecule has 0 aliphatic rings. The van der Waals surface area contributed by atoms with Gasteiger partial charge in [0, 0.05) is 10.7 Å². The smallest absolute Gasteiger partial charge is 0.243 e. The van der Waals surface area contributed by atoms with Crippen molar-refractivity contribution in [2.24, 2.45) is 0 Å². The normalized spacial score (nSPS) is 10.4. The summed E-state index contributed by atoms with van der Waals surface area (Å²) in [6.45, 7) is 2.04. The number of aryl methyl sites for hydroxylation is 1. The first-order chi connectivity index (χ1) is 12.6. The number of ether oxygens (including phenoxy) is 1. The molecule has 2 aromatic carbocycles. The maximum absolute atomic E-state index is 12.2. The van der Waals surface area contributed by atoms with E-state index in [1.165, 1.54) is 13.4 Å². The number of carbonyl (C=O) groups is 1. The summed E-state index contributed by atoms with van der Waals surface area (Å²) in [7, 11) is 1.53. The Kier molecular flexibility index (Phi) is 5.33. The van der Waals surface area contributed by atoms with Crippen LogP contribution in [0.3, 0.4) is 0 Å². The van der Waals surface area contributed by atoms with Gasteiger partial charge in [0.1, 0.15) is 12.1 Å². The Morgan fingerprint density at radius 3 is 2.81 bits per heavy atom. The van der Waals surface area contributed by atoms with Gasteiger partial charge in [0.05, 0.1) is 25.0 Å². The van der Waals surface area contributed by atoms with Crippen LogP contribution < -0.4 is 15.4 Å². The monoisotopic (exact) mass is 372 g/mol. The SMILES string of the molecule is COc1ccc(Cl)cc1NC(=O)CNc1ccc(-n2cnnn2)c(C)c1. The van der Waals surface area contributed by atoms with Gasteiger partial charge >= 0.3 is 0 Å². The summed E-state index contributed by atoms with van der Waals surface area (Å²) in [6, 6.07) is 10.7. The first kappa shape index (κ1) is 17.7. The maximum Gasteiger partial charge on any atom is 0.243 e. The highest BCUT2D eigenvalue weighted by atomic mass is 35.5. The molecule has 134 valence electrons. The maximum atomic E-state index is 12.2. The van der Waals surface area contributed by atoms with Crippen molar-refractivity contribution in [1.29, 1.82) is 0 Å². The van der Waals surface area contributed by atoms with E-state index < -0.39 is 0 Å². The Morgan fingerprint density at radius 1 is 1.27 bits per heavy atom. The van der Waals surface area contributed by atoms with E-state index in [0.717, 1.165) is 16.9 Å². The van der Waals surface area contributed by atoms with Gasteiger partial charge in [-0.15, -0.1) is 5.10 Å². The summed E-state index contributed by atoms with van der Waals surface area (Å²) in [5.41, 5.74) is 3.18. The van der Waals surface area contributed by atoms with Crippen molar-refractivity contribution >= 4 is 28.9 Å². The molecule has 0 saturated heterocycles. The van der Waals surface area contributed by atoms with Gasteiger partial charge in [-0.1, -0.05) is 11.6 Å². The second kappa shape index (κ2) is 7.83. The Bertz CT molecular complexity index is 914. The van der Waals surface area contributed by atoms with E-state index in [1.54, 1.807) is 22.9 Å². The number of carbonyl (C=O) groups excluding carboxylic acids is 1. The Balaban J connectivity index is 1.63. The van der Waals surface area contributed by atoms with Crippen LogP contribution in [-0.2, 0) is 4.79 Å². The molecule has 2 N–H and O–H groups in total. The van der Waals surface area contributed by atoms with Gasteiger partial charge in [-0.25, -0.2) is 4.68 Å². The van der Waals surface area contributed by atoms with Crippen LogP contribution in [0.5, 0.6) is 5.75 Å². The lowest BCUT2D eigenvalue weighted by molar-refractivity contribution is -0.114. The van der Waals surface area contributed by atoms with Gasteiger partial charge in [0.25, 0.3) is 0 Å². The first-order valence-corrected chi connectivity index (χ1v) is 8.16. The predicted molar refractivity (Wildman–Crippen MR) is 99.0 cm³/mol. The quantitative estimate of drug-likeness (QED) is 0.691. The lowest BCUT2D eigenvalue weighted by atomic mass is 10.2. The van der Waals surface area contributed by atoms with Crippen LogP contribution in [0.2, 0.25) is 5.02 Å². The van der Waals surface area contributed by atoms with Crippen molar-refractivity contribution in [3.63, 3.8) is 0 Å². The molecule has 3 aromatic rings. The average molecular weight is 373 g/mol. The molecule has 0 aliphatic carbocycles. The largest absolute Gasteiger partial charge is 0.495 e. The second-order valence-corrected chi connectivity index (χ2v) is 5.94. The number of hydrogen-bond acceptors (Lipinski definition) is 6. The van der Waals surface area contributed by atoms with Crippen molar-refractivity contribution < 1.29 is 9.53 Å².